The Bertz CT molecular complexity index is 1020. The number of nitrogens with zero attached hydrogens (tertiary/aromatic N) is 4. The lowest BCUT2D eigenvalue weighted by Gasteiger charge is -2.23. The number of hydrogen-bond donors (Lipinski definition) is 1. The zero-order chi connectivity index (χ0) is 19.8. The smallest absolute Gasteiger partial charge is 0.276 e. The Balaban J connectivity index is 0.00000218. The van der Waals surface area contributed by atoms with Crippen molar-refractivity contribution in [3.05, 3.63) is 66.0 Å². The summed E-state index contributed by atoms with van der Waals surface area (Å²) in [6.45, 7) is 3.46. The molecule has 2 aliphatic rings. The molecule has 2 fully saturated rings. The summed E-state index contributed by atoms with van der Waals surface area (Å²) in [6, 6.07) is 19.4. The Kier molecular flexibility index (Phi) is 5.88. The number of halogens is 1. The molecule has 0 radical (unpaired) electrons. The topological polar surface area (TPSA) is 63.1 Å². The van der Waals surface area contributed by atoms with Crippen LogP contribution in [0.2, 0.25) is 0 Å². The van der Waals surface area contributed by atoms with Crippen LogP contribution >= 0.6 is 12.4 Å². The summed E-state index contributed by atoms with van der Waals surface area (Å²) < 4.78 is 1.75. The van der Waals surface area contributed by atoms with Crippen LogP contribution in [0.25, 0.3) is 16.8 Å². The van der Waals surface area contributed by atoms with Gasteiger partial charge in [0.1, 0.15) is 0 Å². The van der Waals surface area contributed by atoms with Gasteiger partial charge in [0, 0.05) is 25.2 Å². The number of aromatic nitrogens is 3. The molecule has 3 heterocycles. The maximum Gasteiger partial charge on any atom is 0.276 e. The van der Waals surface area contributed by atoms with E-state index in [2.05, 4.69) is 39.9 Å². The second-order valence-corrected chi connectivity index (χ2v) is 8.03. The van der Waals surface area contributed by atoms with Gasteiger partial charge >= 0.3 is 0 Å². The largest absolute Gasteiger partial charge is 0.336 e. The highest BCUT2D eigenvalue weighted by Gasteiger charge is 2.33. The number of carbonyl (C=O) groups excluding carboxylic acids is 1. The molecule has 7 heteroatoms. The molecule has 0 saturated carbocycles. The Hall–Kier alpha value is -2.70. The van der Waals surface area contributed by atoms with Crippen LogP contribution in [-0.2, 0) is 0 Å². The molecule has 2 aliphatic heterocycles. The van der Waals surface area contributed by atoms with E-state index < -0.39 is 0 Å². The van der Waals surface area contributed by atoms with E-state index in [1.807, 2.05) is 42.2 Å². The molecule has 6 nitrogen and oxygen atoms in total. The van der Waals surface area contributed by atoms with Gasteiger partial charge in [-0.2, -0.15) is 0 Å². The second kappa shape index (κ2) is 8.58. The third-order valence-electron chi connectivity index (χ3n) is 6.13. The van der Waals surface area contributed by atoms with Crippen molar-refractivity contribution in [1.82, 2.24) is 25.2 Å². The number of likely N-dealkylation sites (tertiary alicyclic amines) is 1. The molecule has 2 saturated heterocycles. The molecular weight excluding hydrogens is 398 g/mol. The average Bonchev–Trinajstić information content (AvgIpc) is 3.30. The van der Waals surface area contributed by atoms with Crippen molar-refractivity contribution in [3.8, 4) is 16.8 Å². The lowest BCUT2D eigenvalue weighted by atomic mass is 10.1. The lowest BCUT2D eigenvalue weighted by molar-refractivity contribution is 0.0741. The van der Waals surface area contributed by atoms with Gasteiger partial charge < -0.3 is 10.2 Å². The van der Waals surface area contributed by atoms with Crippen LogP contribution in [-0.4, -0.2) is 51.0 Å². The van der Waals surface area contributed by atoms with Gasteiger partial charge in [-0.3, -0.25) is 4.79 Å². The minimum atomic E-state index is -0.0102. The number of rotatable bonds is 3. The maximum atomic E-state index is 13.1. The normalized spacial score (nSPS) is 20.5. The van der Waals surface area contributed by atoms with Gasteiger partial charge in [0.15, 0.2) is 5.69 Å². The number of benzene rings is 2. The molecule has 5 rings (SSSR count). The fourth-order valence-corrected chi connectivity index (χ4v) is 4.47. The van der Waals surface area contributed by atoms with Crippen LogP contribution in [0, 0.1) is 6.92 Å². The van der Waals surface area contributed by atoms with Crippen molar-refractivity contribution < 1.29 is 4.79 Å². The standard InChI is InChI=1S/C23H25N5O.ClH/c1-16-22(23(29)27-14-13-19-9-10-20(15-27)24-19)25-26-28(16)21-11-7-18(8-12-21)17-5-3-2-4-6-17;/h2-8,11-12,19-20,24H,9-10,13-15H2,1H3;1H. The summed E-state index contributed by atoms with van der Waals surface area (Å²) in [5.41, 5.74) is 4.47. The first-order chi connectivity index (χ1) is 14.2. The van der Waals surface area contributed by atoms with Crippen LogP contribution < -0.4 is 5.32 Å². The quantitative estimate of drug-likeness (QED) is 0.698. The minimum Gasteiger partial charge on any atom is -0.336 e. The van der Waals surface area contributed by atoms with Crippen LogP contribution in [0.15, 0.2) is 54.6 Å². The first-order valence-electron chi connectivity index (χ1n) is 10.3. The Labute approximate surface area is 182 Å². The summed E-state index contributed by atoms with van der Waals surface area (Å²) in [5.74, 6) is -0.0102. The fourth-order valence-electron chi connectivity index (χ4n) is 4.47. The maximum absolute atomic E-state index is 13.1. The minimum absolute atomic E-state index is 0. The monoisotopic (exact) mass is 423 g/mol. The molecule has 2 bridgehead atoms. The van der Waals surface area contributed by atoms with Gasteiger partial charge in [0.25, 0.3) is 5.91 Å². The van der Waals surface area contributed by atoms with Gasteiger partial charge in [-0.25, -0.2) is 4.68 Å². The fraction of sp³-hybridized carbons (Fsp3) is 0.348. The van der Waals surface area contributed by atoms with Crippen molar-refractivity contribution in [1.29, 1.82) is 0 Å². The number of carbonyl (C=O) groups is 1. The Morgan fingerprint density at radius 2 is 1.67 bits per heavy atom. The van der Waals surface area contributed by atoms with E-state index >= 15 is 0 Å². The Morgan fingerprint density at radius 1 is 0.967 bits per heavy atom. The summed E-state index contributed by atoms with van der Waals surface area (Å²) in [4.78, 5) is 15.1. The van der Waals surface area contributed by atoms with Crippen LogP contribution in [0.4, 0.5) is 0 Å². The summed E-state index contributed by atoms with van der Waals surface area (Å²) >= 11 is 0. The predicted octanol–water partition coefficient (Wildman–Crippen LogP) is 3.63. The van der Waals surface area contributed by atoms with Crippen molar-refractivity contribution in [3.63, 3.8) is 0 Å². The third-order valence-corrected chi connectivity index (χ3v) is 6.13. The lowest BCUT2D eigenvalue weighted by Crippen LogP contribution is -2.39. The Morgan fingerprint density at radius 3 is 2.43 bits per heavy atom. The van der Waals surface area contributed by atoms with E-state index in [0.717, 1.165) is 42.9 Å². The van der Waals surface area contributed by atoms with Crippen molar-refractivity contribution in [2.75, 3.05) is 13.1 Å². The predicted molar refractivity (Wildman–Crippen MR) is 119 cm³/mol. The first kappa shape index (κ1) is 20.6. The molecule has 1 amide bonds. The molecule has 3 aromatic rings. The van der Waals surface area contributed by atoms with Gasteiger partial charge in [-0.05, 0) is 49.4 Å². The zero-order valence-corrected chi connectivity index (χ0v) is 17.8. The van der Waals surface area contributed by atoms with Crippen LogP contribution in [0.3, 0.4) is 0 Å². The van der Waals surface area contributed by atoms with E-state index in [9.17, 15) is 4.79 Å². The molecule has 2 atom stereocenters. The number of amides is 1. The van der Waals surface area contributed by atoms with Crippen molar-refractivity contribution in [2.24, 2.45) is 0 Å². The molecule has 1 N–H and O–H groups in total. The molecule has 2 aromatic carbocycles. The summed E-state index contributed by atoms with van der Waals surface area (Å²) in [7, 11) is 0. The summed E-state index contributed by atoms with van der Waals surface area (Å²) in [5, 5.41) is 12.1. The van der Waals surface area contributed by atoms with E-state index in [4.69, 9.17) is 0 Å². The molecular formula is C23H26ClN5O. The number of fused-ring (bicyclic) bond motifs is 2. The first-order valence-corrected chi connectivity index (χ1v) is 10.3. The number of nitrogens with one attached hydrogen (secondary N) is 1. The molecule has 156 valence electrons. The molecule has 1 aromatic heterocycles. The van der Waals surface area contributed by atoms with E-state index in [1.54, 1.807) is 4.68 Å². The highest BCUT2D eigenvalue weighted by atomic mass is 35.5. The van der Waals surface area contributed by atoms with Gasteiger partial charge in [0.2, 0.25) is 0 Å². The SMILES string of the molecule is Cc1c(C(=O)N2CCC3CCC(C2)N3)nnn1-c1ccc(-c2ccccc2)cc1.Cl. The van der Waals surface area contributed by atoms with Crippen molar-refractivity contribution >= 4 is 18.3 Å². The van der Waals surface area contributed by atoms with Crippen molar-refractivity contribution in [2.45, 2.75) is 38.3 Å². The van der Waals surface area contributed by atoms with Gasteiger partial charge in [-0.15, -0.1) is 17.5 Å². The van der Waals surface area contributed by atoms with E-state index in [1.165, 1.54) is 12.0 Å². The highest BCUT2D eigenvalue weighted by molar-refractivity contribution is 5.93. The van der Waals surface area contributed by atoms with Gasteiger partial charge in [-0.1, -0.05) is 47.7 Å². The highest BCUT2D eigenvalue weighted by Crippen LogP contribution is 2.24. The molecule has 0 aliphatic carbocycles. The molecule has 2 unspecified atom stereocenters. The third kappa shape index (κ3) is 3.85. The molecule has 0 spiro atoms. The van der Waals surface area contributed by atoms with E-state index in [0.29, 0.717) is 17.8 Å². The van der Waals surface area contributed by atoms with Gasteiger partial charge in [0.05, 0.1) is 11.4 Å². The van der Waals surface area contributed by atoms with E-state index in [-0.39, 0.29) is 18.3 Å². The average molecular weight is 424 g/mol. The molecule has 30 heavy (non-hydrogen) atoms. The van der Waals surface area contributed by atoms with Crippen LogP contribution in [0.5, 0.6) is 0 Å². The second-order valence-electron chi connectivity index (χ2n) is 8.03. The summed E-state index contributed by atoms with van der Waals surface area (Å²) in [6.07, 6.45) is 3.38. The zero-order valence-electron chi connectivity index (χ0n) is 17.0. The number of hydrogen-bond acceptors (Lipinski definition) is 4. The van der Waals surface area contributed by atoms with Crippen LogP contribution in [0.1, 0.15) is 35.4 Å².